The minimum absolute atomic E-state index is 0.101. The second-order valence-corrected chi connectivity index (χ2v) is 7.23. The van der Waals surface area contributed by atoms with Gasteiger partial charge in [-0.2, -0.15) is 17.0 Å². The Balaban J connectivity index is 2.53. The number of carbonyl (C=O) groups is 1. The van der Waals surface area contributed by atoms with Gasteiger partial charge >= 0.3 is 5.97 Å². The predicted octanol–water partition coefficient (Wildman–Crippen LogP) is 0.477. The molecule has 0 aromatic heterocycles. The molecular formula is C12H14N2O4S2. The number of nitrogens with zero attached hydrogens (tertiary/aromatic N) is 1. The van der Waals surface area contributed by atoms with Gasteiger partial charge in [0.2, 0.25) is 0 Å². The van der Waals surface area contributed by atoms with Crippen LogP contribution in [0.3, 0.4) is 0 Å². The Morgan fingerprint density at radius 2 is 2.00 bits per heavy atom. The molecule has 8 heteroatoms. The van der Waals surface area contributed by atoms with E-state index in [0.29, 0.717) is 5.56 Å². The maximum Gasteiger partial charge on any atom is 0.321 e. The zero-order chi connectivity index (χ0) is 15.2. The van der Waals surface area contributed by atoms with E-state index in [1.807, 2.05) is 6.07 Å². The van der Waals surface area contributed by atoms with Crippen LogP contribution in [0.5, 0.6) is 0 Å². The van der Waals surface area contributed by atoms with E-state index >= 15 is 0 Å². The van der Waals surface area contributed by atoms with Crippen LogP contribution in [-0.4, -0.2) is 42.8 Å². The summed E-state index contributed by atoms with van der Waals surface area (Å²) in [5.74, 6) is -0.773. The molecule has 0 aliphatic rings. The number of nitrogens with two attached hydrogens (primary N) is 1. The number of thioether (sulfide) groups is 1. The van der Waals surface area contributed by atoms with Gasteiger partial charge < -0.3 is 10.8 Å². The number of sulfone groups is 1. The van der Waals surface area contributed by atoms with Crippen molar-refractivity contribution in [1.82, 2.24) is 0 Å². The van der Waals surface area contributed by atoms with Crippen LogP contribution in [0.25, 0.3) is 0 Å². The molecule has 0 fully saturated rings. The summed E-state index contributed by atoms with van der Waals surface area (Å²) in [6, 6.07) is 6.59. The molecule has 6 nitrogen and oxygen atoms in total. The van der Waals surface area contributed by atoms with E-state index in [9.17, 15) is 13.2 Å². The van der Waals surface area contributed by atoms with Crippen molar-refractivity contribution in [3.63, 3.8) is 0 Å². The molecule has 3 N–H and O–H groups in total. The van der Waals surface area contributed by atoms with Crippen LogP contribution >= 0.6 is 11.8 Å². The van der Waals surface area contributed by atoms with E-state index in [1.54, 1.807) is 0 Å². The van der Waals surface area contributed by atoms with Gasteiger partial charge in [0.25, 0.3) is 0 Å². The molecule has 0 amide bonds. The van der Waals surface area contributed by atoms with Crippen molar-refractivity contribution in [3.05, 3.63) is 29.8 Å². The normalized spacial score (nSPS) is 12.6. The number of hydrogen-bond acceptors (Lipinski definition) is 6. The molecule has 108 valence electrons. The fraction of sp³-hybridized carbons (Fsp3) is 0.333. The van der Waals surface area contributed by atoms with Crippen LogP contribution < -0.4 is 5.73 Å². The van der Waals surface area contributed by atoms with Gasteiger partial charge in [-0.3, -0.25) is 4.79 Å². The quantitative estimate of drug-likeness (QED) is 0.702. The lowest BCUT2D eigenvalue weighted by Crippen LogP contribution is -2.32. The minimum Gasteiger partial charge on any atom is -0.480 e. The highest BCUT2D eigenvalue weighted by atomic mass is 32.2. The molecule has 0 aliphatic heterocycles. The molecule has 20 heavy (non-hydrogen) atoms. The fourth-order valence-corrected chi connectivity index (χ4v) is 4.00. The van der Waals surface area contributed by atoms with Crippen LogP contribution in [0, 0.1) is 11.3 Å². The summed E-state index contributed by atoms with van der Waals surface area (Å²) in [5.41, 5.74) is 5.70. The highest BCUT2D eigenvalue weighted by Gasteiger charge is 2.16. The maximum absolute atomic E-state index is 12.0. The predicted molar refractivity (Wildman–Crippen MR) is 76.1 cm³/mol. The number of hydrogen-bond donors (Lipinski definition) is 2. The van der Waals surface area contributed by atoms with Crippen molar-refractivity contribution in [2.75, 3.05) is 17.3 Å². The SMILES string of the molecule is N#Cc1ccc(S(=O)(=O)CCSC[C@@H](N)C(=O)O)cc1. The summed E-state index contributed by atoms with van der Waals surface area (Å²) in [6.07, 6.45) is 0. The van der Waals surface area contributed by atoms with Crippen LogP contribution in [0.4, 0.5) is 0 Å². The third-order valence-corrected chi connectivity index (χ3v) is 5.53. The Hall–Kier alpha value is -1.56. The zero-order valence-electron chi connectivity index (χ0n) is 10.5. The number of rotatable bonds is 7. The van der Waals surface area contributed by atoms with E-state index in [0.717, 1.165) is 0 Å². The smallest absolute Gasteiger partial charge is 0.321 e. The van der Waals surface area contributed by atoms with Gasteiger partial charge in [0.1, 0.15) is 6.04 Å². The van der Waals surface area contributed by atoms with Crippen LogP contribution in [0.2, 0.25) is 0 Å². The molecule has 0 saturated heterocycles. The van der Waals surface area contributed by atoms with Gasteiger partial charge in [-0.1, -0.05) is 0 Å². The average Bonchev–Trinajstić information content (AvgIpc) is 2.43. The number of aliphatic carboxylic acids is 1. The lowest BCUT2D eigenvalue weighted by molar-refractivity contribution is -0.137. The number of carboxylic acid groups (broad SMARTS) is 1. The first-order valence-corrected chi connectivity index (χ1v) is 8.46. The second-order valence-electron chi connectivity index (χ2n) is 3.97. The largest absolute Gasteiger partial charge is 0.480 e. The summed E-state index contributed by atoms with van der Waals surface area (Å²) in [5, 5.41) is 17.2. The maximum atomic E-state index is 12.0. The molecule has 0 bridgehead atoms. The number of benzene rings is 1. The molecule has 1 aromatic rings. The van der Waals surface area contributed by atoms with E-state index in [4.69, 9.17) is 16.1 Å². The fourth-order valence-electron chi connectivity index (χ4n) is 1.30. The Labute approximate surface area is 121 Å². The standard InChI is InChI=1S/C12H14N2O4S2/c13-7-9-1-3-10(4-2-9)20(17,18)6-5-19-8-11(14)12(15)16/h1-4,11H,5-6,8,14H2,(H,15,16)/t11-/m1/s1. The average molecular weight is 314 g/mol. The van der Waals surface area contributed by atoms with Crippen molar-refractivity contribution in [2.24, 2.45) is 5.73 Å². The third-order valence-electron chi connectivity index (χ3n) is 2.45. The van der Waals surface area contributed by atoms with Gasteiger partial charge in [0.05, 0.1) is 22.3 Å². The summed E-state index contributed by atoms with van der Waals surface area (Å²) >= 11 is 1.18. The highest BCUT2D eigenvalue weighted by Crippen LogP contribution is 2.14. The molecule has 0 unspecified atom stereocenters. The monoisotopic (exact) mass is 314 g/mol. The highest BCUT2D eigenvalue weighted by molar-refractivity contribution is 8.00. The lowest BCUT2D eigenvalue weighted by atomic mass is 10.2. The van der Waals surface area contributed by atoms with Gasteiger partial charge in [0.15, 0.2) is 9.84 Å². The van der Waals surface area contributed by atoms with Crippen LogP contribution in [0.15, 0.2) is 29.2 Å². The molecule has 0 radical (unpaired) electrons. The molecule has 1 atom stereocenters. The molecule has 0 heterocycles. The third kappa shape index (κ3) is 4.85. The minimum atomic E-state index is -3.42. The molecule has 0 spiro atoms. The molecule has 1 rings (SSSR count). The van der Waals surface area contributed by atoms with Crippen molar-refractivity contribution < 1.29 is 18.3 Å². The first-order valence-electron chi connectivity index (χ1n) is 5.66. The summed E-state index contributed by atoms with van der Waals surface area (Å²) in [6.45, 7) is 0. The van der Waals surface area contributed by atoms with Crippen LogP contribution in [0.1, 0.15) is 5.56 Å². The Bertz CT molecular complexity index is 605. The van der Waals surface area contributed by atoms with Gasteiger partial charge in [-0.05, 0) is 24.3 Å². The van der Waals surface area contributed by atoms with Crippen LogP contribution in [-0.2, 0) is 14.6 Å². The Kier molecular flexibility index (Phi) is 6.01. The van der Waals surface area contributed by atoms with Crippen molar-refractivity contribution in [2.45, 2.75) is 10.9 Å². The number of nitriles is 1. The van der Waals surface area contributed by atoms with E-state index < -0.39 is 21.8 Å². The van der Waals surface area contributed by atoms with E-state index in [1.165, 1.54) is 36.0 Å². The van der Waals surface area contributed by atoms with E-state index in [-0.39, 0.29) is 22.2 Å². The Morgan fingerprint density at radius 1 is 1.40 bits per heavy atom. The number of carboxylic acids is 1. The van der Waals surface area contributed by atoms with Crippen molar-refractivity contribution in [1.29, 1.82) is 5.26 Å². The molecular weight excluding hydrogens is 300 g/mol. The summed E-state index contributed by atoms with van der Waals surface area (Å²) in [4.78, 5) is 10.6. The molecule has 0 aliphatic carbocycles. The topological polar surface area (TPSA) is 121 Å². The Morgan fingerprint density at radius 3 is 2.50 bits per heavy atom. The van der Waals surface area contributed by atoms with Crippen molar-refractivity contribution >= 4 is 27.6 Å². The zero-order valence-corrected chi connectivity index (χ0v) is 12.2. The molecule has 0 saturated carbocycles. The second kappa shape index (κ2) is 7.28. The van der Waals surface area contributed by atoms with Gasteiger partial charge in [-0.15, -0.1) is 0 Å². The van der Waals surface area contributed by atoms with Crippen molar-refractivity contribution in [3.8, 4) is 6.07 Å². The van der Waals surface area contributed by atoms with Gasteiger partial charge in [0, 0.05) is 11.5 Å². The van der Waals surface area contributed by atoms with E-state index in [2.05, 4.69) is 0 Å². The first kappa shape index (κ1) is 16.5. The lowest BCUT2D eigenvalue weighted by Gasteiger charge is -2.07. The summed E-state index contributed by atoms with van der Waals surface area (Å²) < 4.78 is 23.9. The first-order chi connectivity index (χ1) is 9.36. The summed E-state index contributed by atoms with van der Waals surface area (Å²) in [7, 11) is -3.42. The molecule has 1 aromatic carbocycles. The van der Waals surface area contributed by atoms with Gasteiger partial charge in [-0.25, -0.2) is 8.42 Å².